The standard InChI is InChI=1S/C17H16FN3O2/c1-12(22)21(16-7-3-6-15(19)11-16)17(23)20-9-8-13-4-2-5-14(18)10-13/h2-11H,19H2,1H3,(H,20,23)/b9-8+. The average Bonchev–Trinajstić information content (AvgIpc) is 2.47. The van der Waals surface area contributed by atoms with Crippen LogP contribution in [0.4, 0.5) is 20.6 Å². The molecule has 0 atom stereocenters. The number of rotatable bonds is 3. The van der Waals surface area contributed by atoms with Crippen LogP contribution >= 0.6 is 0 Å². The number of nitrogens with one attached hydrogen (secondary N) is 1. The summed E-state index contributed by atoms with van der Waals surface area (Å²) in [4.78, 5) is 24.9. The van der Waals surface area contributed by atoms with Gasteiger partial charge >= 0.3 is 6.03 Å². The van der Waals surface area contributed by atoms with Crippen LogP contribution in [0.1, 0.15) is 12.5 Å². The minimum atomic E-state index is -0.629. The fourth-order valence-electron chi connectivity index (χ4n) is 1.99. The van der Waals surface area contributed by atoms with E-state index in [1.165, 1.54) is 37.4 Å². The van der Waals surface area contributed by atoms with Gasteiger partial charge in [-0.1, -0.05) is 18.2 Å². The number of nitrogen functional groups attached to an aromatic ring is 1. The number of nitrogens with two attached hydrogens (primary N) is 1. The maximum absolute atomic E-state index is 13.1. The summed E-state index contributed by atoms with van der Waals surface area (Å²) >= 11 is 0. The molecule has 3 N–H and O–H groups in total. The molecule has 0 spiro atoms. The average molecular weight is 313 g/mol. The zero-order valence-corrected chi connectivity index (χ0v) is 12.5. The first kappa shape index (κ1) is 16.2. The number of hydrogen-bond acceptors (Lipinski definition) is 3. The van der Waals surface area contributed by atoms with E-state index in [0.717, 1.165) is 4.90 Å². The summed E-state index contributed by atoms with van der Waals surface area (Å²) in [5.74, 6) is -0.823. The quantitative estimate of drug-likeness (QED) is 0.855. The summed E-state index contributed by atoms with van der Waals surface area (Å²) < 4.78 is 13.1. The van der Waals surface area contributed by atoms with E-state index in [4.69, 9.17) is 5.73 Å². The van der Waals surface area contributed by atoms with Crippen molar-refractivity contribution in [2.24, 2.45) is 0 Å². The summed E-state index contributed by atoms with van der Waals surface area (Å²) in [7, 11) is 0. The predicted molar refractivity (Wildman–Crippen MR) is 88.0 cm³/mol. The number of amides is 3. The second kappa shape index (κ2) is 7.22. The second-order valence-corrected chi connectivity index (χ2v) is 4.79. The molecule has 23 heavy (non-hydrogen) atoms. The molecule has 0 aromatic heterocycles. The van der Waals surface area contributed by atoms with Crippen LogP contribution in [-0.2, 0) is 4.79 Å². The third-order valence-electron chi connectivity index (χ3n) is 2.98. The number of urea groups is 1. The Morgan fingerprint density at radius 3 is 2.57 bits per heavy atom. The number of hydrogen-bond donors (Lipinski definition) is 2. The van der Waals surface area contributed by atoms with E-state index >= 15 is 0 Å². The molecule has 6 heteroatoms. The molecular weight excluding hydrogens is 297 g/mol. The van der Waals surface area contributed by atoms with Crippen molar-refractivity contribution in [3.63, 3.8) is 0 Å². The topological polar surface area (TPSA) is 75.4 Å². The SMILES string of the molecule is CC(=O)N(C(=O)N/C=C/c1cccc(F)c1)c1cccc(N)c1. The lowest BCUT2D eigenvalue weighted by Crippen LogP contribution is -2.41. The number of imide groups is 1. The Labute approximate surface area is 133 Å². The van der Waals surface area contributed by atoms with Crippen molar-refractivity contribution in [2.75, 3.05) is 10.6 Å². The first-order chi connectivity index (χ1) is 11.0. The van der Waals surface area contributed by atoms with Crippen molar-refractivity contribution in [2.45, 2.75) is 6.92 Å². The molecule has 0 unspecified atom stereocenters. The summed E-state index contributed by atoms with van der Waals surface area (Å²) in [6.45, 7) is 1.28. The van der Waals surface area contributed by atoms with Crippen molar-refractivity contribution in [3.05, 3.63) is 66.1 Å². The molecule has 0 bridgehead atoms. The highest BCUT2D eigenvalue weighted by atomic mass is 19.1. The molecular formula is C17H16FN3O2. The van der Waals surface area contributed by atoms with Crippen LogP contribution in [-0.4, -0.2) is 11.9 Å². The monoisotopic (exact) mass is 313 g/mol. The van der Waals surface area contributed by atoms with E-state index in [9.17, 15) is 14.0 Å². The van der Waals surface area contributed by atoms with E-state index in [0.29, 0.717) is 16.9 Å². The summed E-state index contributed by atoms with van der Waals surface area (Å²) in [5, 5.41) is 2.47. The lowest BCUT2D eigenvalue weighted by Gasteiger charge is -2.19. The summed E-state index contributed by atoms with van der Waals surface area (Å²) in [5.41, 5.74) is 7.07. The largest absolute Gasteiger partial charge is 0.399 e. The molecule has 0 heterocycles. The Kier molecular flexibility index (Phi) is 5.09. The maximum atomic E-state index is 13.1. The normalized spacial score (nSPS) is 10.5. The zero-order chi connectivity index (χ0) is 16.8. The van der Waals surface area contributed by atoms with Gasteiger partial charge in [-0.05, 0) is 42.0 Å². The minimum Gasteiger partial charge on any atom is -0.399 e. The Hall–Kier alpha value is -3.15. The van der Waals surface area contributed by atoms with E-state index in [-0.39, 0.29) is 5.82 Å². The van der Waals surface area contributed by atoms with Crippen molar-refractivity contribution in [1.29, 1.82) is 0 Å². The molecule has 2 rings (SSSR count). The highest BCUT2D eigenvalue weighted by Gasteiger charge is 2.19. The molecule has 2 aromatic carbocycles. The molecule has 5 nitrogen and oxygen atoms in total. The Morgan fingerprint density at radius 1 is 1.17 bits per heavy atom. The zero-order valence-electron chi connectivity index (χ0n) is 12.5. The van der Waals surface area contributed by atoms with Crippen molar-refractivity contribution < 1.29 is 14.0 Å². The van der Waals surface area contributed by atoms with Gasteiger partial charge in [0.2, 0.25) is 5.91 Å². The van der Waals surface area contributed by atoms with Gasteiger partial charge in [0.05, 0.1) is 5.69 Å². The van der Waals surface area contributed by atoms with Crippen molar-refractivity contribution in [3.8, 4) is 0 Å². The molecule has 0 aliphatic rings. The molecule has 0 fully saturated rings. The first-order valence-corrected chi connectivity index (χ1v) is 6.86. The van der Waals surface area contributed by atoms with Gasteiger partial charge in [-0.3, -0.25) is 4.79 Å². The Bertz CT molecular complexity index is 759. The maximum Gasteiger partial charge on any atom is 0.332 e. The van der Waals surface area contributed by atoms with Crippen LogP contribution in [0.25, 0.3) is 6.08 Å². The van der Waals surface area contributed by atoms with Crippen LogP contribution in [0.15, 0.2) is 54.7 Å². The molecule has 0 aliphatic heterocycles. The highest BCUT2D eigenvalue weighted by Crippen LogP contribution is 2.18. The third-order valence-corrected chi connectivity index (χ3v) is 2.98. The van der Waals surface area contributed by atoms with Gasteiger partial charge in [-0.2, -0.15) is 0 Å². The molecule has 0 saturated carbocycles. The van der Waals surface area contributed by atoms with Gasteiger partial charge in [0.1, 0.15) is 5.82 Å². The van der Waals surface area contributed by atoms with Crippen LogP contribution in [0.5, 0.6) is 0 Å². The van der Waals surface area contributed by atoms with Gasteiger partial charge in [0.25, 0.3) is 0 Å². The highest BCUT2D eigenvalue weighted by molar-refractivity contribution is 6.13. The van der Waals surface area contributed by atoms with Gasteiger partial charge in [-0.25, -0.2) is 14.1 Å². The van der Waals surface area contributed by atoms with Crippen molar-refractivity contribution >= 4 is 29.4 Å². The van der Waals surface area contributed by atoms with Crippen LogP contribution in [0, 0.1) is 5.82 Å². The number of carbonyl (C=O) groups excluding carboxylic acids is 2. The number of carbonyl (C=O) groups is 2. The molecule has 2 aromatic rings. The molecule has 3 amide bonds. The number of nitrogens with zero attached hydrogens (tertiary/aromatic N) is 1. The second-order valence-electron chi connectivity index (χ2n) is 4.79. The van der Waals surface area contributed by atoms with E-state index in [2.05, 4.69) is 5.32 Å². The third kappa shape index (κ3) is 4.41. The Morgan fingerprint density at radius 2 is 1.91 bits per heavy atom. The van der Waals surface area contributed by atoms with Gasteiger partial charge in [-0.15, -0.1) is 0 Å². The first-order valence-electron chi connectivity index (χ1n) is 6.86. The molecule has 0 radical (unpaired) electrons. The van der Waals surface area contributed by atoms with E-state index in [1.807, 2.05) is 0 Å². The Balaban J connectivity index is 2.12. The van der Waals surface area contributed by atoms with Crippen LogP contribution in [0.3, 0.4) is 0 Å². The van der Waals surface area contributed by atoms with Crippen molar-refractivity contribution in [1.82, 2.24) is 5.32 Å². The molecule has 118 valence electrons. The summed E-state index contributed by atoms with van der Waals surface area (Å²) in [6.07, 6.45) is 2.87. The van der Waals surface area contributed by atoms with Gasteiger partial charge < -0.3 is 11.1 Å². The number of halogens is 1. The molecule has 0 saturated heterocycles. The van der Waals surface area contributed by atoms with Gasteiger partial charge in [0.15, 0.2) is 0 Å². The lowest BCUT2D eigenvalue weighted by molar-refractivity contribution is -0.115. The smallest absolute Gasteiger partial charge is 0.332 e. The fourth-order valence-corrected chi connectivity index (χ4v) is 1.99. The fraction of sp³-hybridized carbons (Fsp3) is 0.0588. The minimum absolute atomic E-state index is 0.370. The number of anilines is 2. The van der Waals surface area contributed by atoms with Crippen LogP contribution in [0.2, 0.25) is 0 Å². The van der Waals surface area contributed by atoms with Crippen LogP contribution < -0.4 is 16.0 Å². The van der Waals surface area contributed by atoms with E-state index < -0.39 is 11.9 Å². The molecule has 0 aliphatic carbocycles. The van der Waals surface area contributed by atoms with Gasteiger partial charge in [0, 0.05) is 18.8 Å². The predicted octanol–water partition coefficient (Wildman–Crippen LogP) is 3.14. The summed E-state index contributed by atoms with van der Waals surface area (Å²) in [6, 6.07) is 11.7. The van der Waals surface area contributed by atoms with E-state index in [1.54, 1.807) is 30.3 Å². The lowest BCUT2D eigenvalue weighted by atomic mass is 10.2. The number of benzene rings is 2.